The van der Waals surface area contributed by atoms with E-state index >= 15 is 0 Å². The normalized spacial score (nSPS) is 25.5. The van der Waals surface area contributed by atoms with Crippen LogP contribution >= 0.6 is 0 Å². The first-order valence-electron chi connectivity index (χ1n) is 11.9. The van der Waals surface area contributed by atoms with Gasteiger partial charge in [0.1, 0.15) is 5.75 Å². The maximum Gasteiger partial charge on any atom is 0.243 e. The first-order valence-corrected chi connectivity index (χ1v) is 13.3. The predicted octanol–water partition coefficient (Wildman–Crippen LogP) is 5.53. The molecule has 3 aromatic rings. The number of ether oxygens (including phenoxy) is 2. The summed E-state index contributed by atoms with van der Waals surface area (Å²) < 4.78 is 41.3. The number of hydrogen-bond acceptors (Lipinski definition) is 4. The Labute approximate surface area is 202 Å². The average Bonchev–Trinajstić information content (AvgIpc) is 2.88. The third-order valence-electron chi connectivity index (χ3n) is 7.29. The zero-order valence-corrected chi connectivity index (χ0v) is 20.4. The van der Waals surface area contributed by atoms with Gasteiger partial charge in [0.25, 0.3) is 0 Å². The average molecular weight is 478 g/mol. The Balaban J connectivity index is 1.60. The van der Waals surface area contributed by atoms with Crippen LogP contribution < -0.4 is 4.74 Å². The highest BCUT2D eigenvalue weighted by atomic mass is 32.2. The molecule has 2 saturated heterocycles. The lowest BCUT2D eigenvalue weighted by molar-refractivity contribution is -0.100. The van der Waals surface area contributed by atoms with Crippen molar-refractivity contribution in [1.29, 1.82) is 0 Å². The first-order chi connectivity index (χ1) is 16.5. The second-order valence-electron chi connectivity index (χ2n) is 9.26. The molecule has 0 aromatic heterocycles. The third kappa shape index (κ3) is 4.26. The van der Waals surface area contributed by atoms with Crippen molar-refractivity contribution in [2.24, 2.45) is 11.8 Å². The number of aryl methyl sites for hydroxylation is 1. The van der Waals surface area contributed by atoms with E-state index in [2.05, 4.69) is 0 Å². The van der Waals surface area contributed by atoms with Gasteiger partial charge in [0.05, 0.1) is 24.2 Å². The topological polar surface area (TPSA) is 55.8 Å². The summed E-state index contributed by atoms with van der Waals surface area (Å²) >= 11 is 0. The van der Waals surface area contributed by atoms with Crippen LogP contribution in [0.25, 0.3) is 0 Å². The molecule has 0 saturated carbocycles. The van der Waals surface area contributed by atoms with Crippen molar-refractivity contribution in [3.8, 4) is 5.75 Å². The van der Waals surface area contributed by atoms with Crippen molar-refractivity contribution in [2.45, 2.75) is 36.8 Å². The molecule has 2 fully saturated rings. The molecular formula is C28H31NO4S. The molecule has 0 radical (unpaired) electrons. The summed E-state index contributed by atoms with van der Waals surface area (Å²) in [5.41, 5.74) is 3.11. The van der Waals surface area contributed by atoms with E-state index in [0.717, 1.165) is 35.3 Å². The molecule has 2 aliphatic rings. The zero-order chi connectivity index (χ0) is 23.7. The molecule has 2 heterocycles. The van der Waals surface area contributed by atoms with Crippen molar-refractivity contribution in [3.63, 3.8) is 0 Å². The fourth-order valence-corrected chi connectivity index (χ4v) is 7.21. The van der Waals surface area contributed by atoms with E-state index in [0.29, 0.717) is 24.0 Å². The van der Waals surface area contributed by atoms with Crippen LogP contribution in [0, 0.1) is 18.8 Å². The Morgan fingerprint density at radius 2 is 1.59 bits per heavy atom. The molecule has 0 aliphatic carbocycles. The number of methoxy groups -OCH3 is 1. The molecule has 0 N–H and O–H groups in total. The molecule has 6 heteroatoms. The lowest BCUT2D eigenvalue weighted by atomic mass is 9.70. The number of piperidine rings is 1. The number of hydrogen-bond donors (Lipinski definition) is 0. The monoisotopic (exact) mass is 477 g/mol. The minimum atomic E-state index is -3.69. The number of nitrogens with zero attached hydrogens (tertiary/aromatic N) is 1. The van der Waals surface area contributed by atoms with Gasteiger partial charge in [-0.25, -0.2) is 8.42 Å². The van der Waals surface area contributed by atoms with Crippen LogP contribution in [-0.2, 0) is 14.8 Å². The molecule has 2 aliphatic heterocycles. The molecule has 178 valence electrons. The van der Waals surface area contributed by atoms with Gasteiger partial charge in [-0.3, -0.25) is 0 Å². The molecule has 0 amide bonds. The lowest BCUT2D eigenvalue weighted by Crippen LogP contribution is -2.50. The van der Waals surface area contributed by atoms with Gasteiger partial charge in [0.2, 0.25) is 10.0 Å². The molecule has 4 atom stereocenters. The highest BCUT2D eigenvalue weighted by molar-refractivity contribution is 7.89. The van der Waals surface area contributed by atoms with Gasteiger partial charge in [-0.05, 0) is 61.1 Å². The van der Waals surface area contributed by atoms with Gasteiger partial charge in [-0.1, -0.05) is 60.2 Å². The standard InChI is InChI=1S/C28H31NO4S/c1-20-8-14-25(15-9-20)34(30,31)29-18-16-21-17-19-33-28(23-10-12-24(32-2)13-11-23)26(21)27(29)22-6-4-3-5-7-22/h3-15,21,26-28H,16-19H2,1-2H3/t21-,26-,27+,28-/m0/s1. The maximum atomic E-state index is 14.0. The summed E-state index contributed by atoms with van der Waals surface area (Å²) in [4.78, 5) is 0.343. The highest BCUT2D eigenvalue weighted by Crippen LogP contribution is 2.52. The summed E-state index contributed by atoms with van der Waals surface area (Å²) in [6.07, 6.45) is 1.58. The Kier molecular flexibility index (Phi) is 6.47. The van der Waals surface area contributed by atoms with Gasteiger partial charge in [0.15, 0.2) is 0 Å². The SMILES string of the molecule is COc1ccc([C@@H]2OCC[C@@H]3CCN(S(=O)(=O)c4ccc(C)cc4)[C@H](c4ccccc4)[C@H]32)cc1. The third-order valence-corrected chi connectivity index (χ3v) is 9.18. The summed E-state index contributed by atoms with van der Waals surface area (Å²) in [6.45, 7) is 3.16. The van der Waals surface area contributed by atoms with Crippen molar-refractivity contribution >= 4 is 10.0 Å². The Bertz CT molecular complexity index is 1210. The summed E-state index contributed by atoms with van der Waals surface area (Å²) in [6, 6.07) is 24.9. The van der Waals surface area contributed by atoms with Crippen LogP contribution in [0.4, 0.5) is 0 Å². The molecule has 0 unspecified atom stereocenters. The summed E-state index contributed by atoms with van der Waals surface area (Å²) in [5, 5.41) is 0. The van der Waals surface area contributed by atoms with Gasteiger partial charge in [-0.15, -0.1) is 0 Å². The first kappa shape index (κ1) is 23.1. The fraction of sp³-hybridized carbons (Fsp3) is 0.357. The highest BCUT2D eigenvalue weighted by Gasteiger charge is 2.49. The van der Waals surface area contributed by atoms with E-state index in [9.17, 15) is 8.42 Å². The van der Waals surface area contributed by atoms with E-state index < -0.39 is 10.0 Å². The number of benzene rings is 3. The van der Waals surface area contributed by atoms with Gasteiger partial charge in [0, 0.05) is 19.1 Å². The maximum absolute atomic E-state index is 14.0. The van der Waals surface area contributed by atoms with E-state index in [-0.39, 0.29) is 18.1 Å². The van der Waals surface area contributed by atoms with E-state index in [1.165, 1.54) is 0 Å². The van der Waals surface area contributed by atoms with Gasteiger partial charge < -0.3 is 9.47 Å². The van der Waals surface area contributed by atoms with E-state index in [4.69, 9.17) is 9.47 Å². The summed E-state index contributed by atoms with van der Waals surface area (Å²) in [5.74, 6) is 1.19. The van der Waals surface area contributed by atoms with E-state index in [1.807, 2.05) is 73.7 Å². The molecule has 0 bridgehead atoms. The largest absolute Gasteiger partial charge is 0.497 e. The molecule has 3 aromatic carbocycles. The smallest absolute Gasteiger partial charge is 0.243 e. The molecule has 5 nitrogen and oxygen atoms in total. The fourth-order valence-electron chi connectivity index (χ4n) is 5.55. The second kappa shape index (κ2) is 9.53. The summed E-state index contributed by atoms with van der Waals surface area (Å²) in [7, 11) is -2.03. The van der Waals surface area contributed by atoms with Crippen LogP contribution in [0.5, 0.6) is 5.75 Å². The van der Waals surface area contributed by atoms with Crippen LogP contribution in [0.15, 0.2) is 83.8 Å². The lowest BCUT2D eigenvalue weighted by Gasteiger charge is -2.50. The van der Waals surface area contributed by atoms with Crippen molar-refractivity contribution < 1.29 is 17.9 Å². The Morgan fingerprint density at radius 3 is 2.26 bits per heavy atom. The van der Waals surface area contributed by atoms with Crippen molar-refractivity contribution in [1.82, 2.24) is 4.31 Å². The zero-order valence-electron chi connectivity index (χ0n) is 19.6. The van der Waals surface area contributed by atoms with E-state index in [1.54, 1.807) is 23.5 Å². The van der Waals surface area contributed by atoms with Crippen LogP contribution in [0.2, 0.25) is 0 Å². The number of rotatable bonds is 5. The van der Waals surface area contributed by atoms with Crippen LogP contribution in [0.1, 0.15) is 41.7 Å². The molecule has 34 heavy (non-hydrogen) atoms. The molecule has 0 spiro atoms. The van der Waals surface area contributed by atoms with Crippen molar-refractivity contribution in [3.05, 3.63) is 95.6 Å². The second-order valence-corrected chi connectivity index (χ2v) is 11.2. The Hall–Kier alpha value is -2.67. The molecular weight excluding hydrogens is 446 g/mol. The Morgan fingerprint density at radius 1 is 0.882 bits per heavy atom. The predicted molar refractivity (Wildman–Crippen MR) is 132 cm³/mol. The minimum Gasteiger partial charge on any atom is -0.497 e. The quantitative estimate of drug-likeness (QED) is 0.485. The van der Waals surface area contributed by atoms with Gasteiger partial charge in [-0.2, -0.15) is 4.31 Å². The van der Waals surface area contributed by atoms with Crippen molar-refractivity contribution in [2.75, 3.05) is 20.3 Å². The van der Waals surface area contributed by atoms with Gasteiger partial charge >= 0.3 is 0 Å². The minimum absolute atomic E-state index is 0.0125. The van der Waals surface area contributed by atoms with Crippen LogP contribution in [-0.4, -0.2) is 33.0 Å². The van der Waals surface area contributed by atoms with Crippen LogP contribution in [0.3, 0.4) is 0 Å². The number of sulfonamides is 1. The molecule has 5 rings (SSSR count). The number of fused-ring (bicyclic) bond motifs is 1.